The van der Waals surface area contributed by atoms with Crippen LogP contribution < -0.4 is 10.1 Å². The first-order valence-electron chi connectivity index (χ1n) is 8.53. The van der Waals surface area contributed by atoms with Crippen molar-refractivity contribution in [3.63, 3.8) is 0 Å². The lowest BCUT2D eigenvalue weighted by molar-refractivity contribution is -0.137. The van der Waals surface area contributed by atoms with Gasteiger partial charge in [0, 0.05) is 30.0 Å². The summed E-state index contributed by atoms with van der Waals surface area (Å²) in [6.07, 6.45) is 2.89. The molecular weight excluding hydrogens is 329 g/mol. The topological polar surface area (TPSA) is 34.1 Å². The number of nitrogens with one attached hydrogen (secondary N) is 1. The number of aromatic nitrogens is 1. The van der Waals surface area contributed by atoms with Gasteiger partial charge in [-0.05, 0) is 61.6 Å². The van der Waals surface area contributed by atoms with Gasteiger partial charge in [0.25, 0.3) is 0 Å². The Balaban J connectivity index is 1.66. The van der Waals surface area contributed by atoms with Gasteiger partial charge in [-0.2, -0.15) is 13.2 Å². The molecule has 0 aliphatic carbocycles. The molecule has 2 bridgehead atoms. The highest BCUT2D eigenvalue weighted by Crippen LogP contribution is 2.39. The van der Waals surface area contributed by atoms with Crippen molar-refractivity contribution in [2.24, 2.45) is 0 Å². The van der Waals surface area contributed by atoms with Gasteiger partial charge in [0.2, 0.25) is 0 Å². The average molecular weight is 348 g/mol. The summed E-state index contributed by atoms with van der Waals surface area (Å²) >= 11 is 0. The highest BCUT2D eigenvalue weighted by molar-refractivity contribution is 5.71. The van der Waals surface area contributed by atoms with E-state index in [-0.39, 0.29) is 6.10 Å². The van der Waals surface area contributed by atoms with E-state index in [1.165, 1.54) is 12.1 Å². The fourth-order valence-electron chi connectivity index (χ4n) is 3.85. The van der Waals surface area contributed by atoms with E-state index < -0.39 is 11.7 Å². The minimum absolute atomic E-state index is 0.0380. The van der Waals surface area contributed by atoms with Gasteiger partial charge in [0.05, 0.1) is 5.56 Å². The first-order chi connectivity index (χ1) is 12.0. The number of benzene rings is 1. The Morgan fingerprint density at radius 1 is 1.00 bits per heavy atom. The summed E-state index contributed by atoms with van der Waals surface area (Å²) in [4.78, 5) is 3.94. The predicted molar refractivity (Wildman–Crippen MR) is 88.3 cm³/mol. The third-order valence-electron chi connectivity index (χ3n) is 5.02. The van der Waals surface area contributed by atoms with Crippen LogP contribution in [-0.2, 0) is 6.18 Å². The van der Waals surface area contributed by atoms with Crippen LogP contribution in [0, 0.1) is 0 Å². The van der Waals surface area contributed by atoms with Crippen LogP contribution in [-0.4, -0.2) is 23.2 Å². The maximum absolute atomic E-state index is 13.1. The molecule has 2 aromatic rings. The van der Waals surface area contributed by atoms with Crippen molar-refractivity contribution in [3.8, 4) is 16.9 Å². The number of hydrogen-bond acceptors (Lipinski definition) is 3. The summed E-state index contributed by atoms with van der Waals surface area (Å²) in [6, 6.07) is 8.03. The molecule has 2 unspecified atom stereocenters. The van der Waals surface area contributed by atoms with Crippen LogP contribution in [0.1, 0.15) is 31.2 Å². The molecule has 0 radical (unpaired) electrons. The van der Waals surface area contributed by atoms with Crippen LogP contribution in [0.25, 0.3) is 11.1 Å². The van der Waals surface area contributed by atoms with Crippen molar-refractivity contribution in [2.45, 2.75) is 50.0 Å². The van der Waals surface area contributed by atoms with Crippen LogP contribution in [0.15, 0.2) is 42.7 Å². The summed E-state index contributed by atoms with van der Waals surface area (Å²) in [5.74, 6) is 0.505. The fraction of sp³-hybridized carbons (Fsp3) is 0.421. The number of halogens is 3. The third kappa shape index (κ3) is 3.49. The Morgan fingerprint density at radius 2 is 1.68 bits per heavy atom. The van der Waals surface area contributed by atoms with Crippen molar-refractivity contribution in [1.82, 2.24) is 10.3 Å². The highest BCUT2D eigenvalue weighted by Gasteiger charge is 2.35. The fourth-order valence-corrected chi connectivity index (χ4v) is 3.85. The maximum Gasteiger partial charge on any atom is 0.416 e. The molecule has 0 saturated carbocycles. The SMILES string of the molecule is FC(F)(F)c1ccc(OC2CC3CCC(C2)N3)c(-c2ccncc2)c1. The molecule has 2 fully saturated rings. The molecule has 1 N–H and O–H groups in total. The predicted octanol–water partition coefficient (Wildman–Crippen LogP) is 4.43. The van der Waals surface area contributed by atoms with Gasteiger partial charge in [0.15, 0.2) is 0 Å². The number of rotatable bonds is 3. The Morgan fingerprint density at radius 3 is 2.32 bits per heavy atom. The Kier molecular flexibility index (Phi) is 4.15. The number of ether oxygens (including phenoxy) is 1. The quantitative estimate of drug-likeness (QED) is 0.891. The van der Waals surface area contributed by atoms with Gasteiger partial charge >= 0.3 is 6.18 Å². The van der Waals surface area contributed by atoms with E-state index in [0.29, 0.717) is 29.0 Å². The van der Waals surface area contributed by atoms with E-state index in [1.54, 1.807) is 24.5 Å². The second kappa shape index (κ2) is 6.33. The van der Waals surface area contributed by atoms with Crippen molar-refractivity contribution in [1.29, 1.82) is 0 Å². The van der Waals surface area contributed by atoms with Crippen molar-refractivity contribution < 1.29 is 17.9 Å². The molecule has 25 heavy (non-hydrogen) atoms. The molecule has 2 atom stereocenters. The summed E-state index contributed by atoms with van der Waals surface area (Å²) in [5.41, 5.74) is 0.466. The van der Waals surface area contributed by atoms with Crippen molar-refractivity contribution >= 4 is 0 Å². The average Bonchev–Trinajstić information content (AvgIpc) is 2.93. The van der Waals surface area contributed by atoms with E-state index in [0.717, 1.165) is 31.7 Å². The van der Waals surface area contributed by atoms with Crippen LogP contribution in [0.5, 0.6) is 5.75 Å². The Bertz CT molecular complexity index is 736. The first kappa shape index (κ1) is 16.4. The number of piperidine rings is 1. The largest absolute Gasteiger partial charge is 0.490 e. The monoisotopic (exact) mass is 348 g/mol. The molecule has 4 rings (SSSR count). The summed E-state index contributed by atoms with van der Waals surface area (Å²) in [5, 5.41) is 3.54. The first-order valence-corrected chi connectivity index (χ1v) is 8.53. The van der Waals surface area contributed by atoms with Gasteiger partial charge < -0.3 is 10.1 Å². The lowest BCUT2D eigenvalue weighted by atomic mass is 10.0. The summed E-state index contributed by atoms with van der Waals surface area (Å²) in [6.45, 7) is 0. The van der Waals surface area contributed by atoms with Gasteiger partial charge in [0.1, 0.15) is 11.9 Å². The van der Waals surface area contributed by atoms with Crippen LogP contribution in [0.3, 0.4) is 0 Å². The van der Waals surface area contributed by atoms with Crippen LogP contribution in [0.2, 0.25) is 0 Å². The van der Waals surface area contributed by atoms with Crippen molar-refractivity contribution in [3.05, 3.63) is 48.3 Å². The van der Waals surface area contributed by atoms with Crippen LogP contribution in [0.4, 0.5) is 13.2 Å². The lowest BCUT2D eigenvalue weighted by Crippen LogP contribution is -2.42. The number of alkyl halides is 3. The molecule has 3 nitrogen and oxygen atoms in total. The number of nitrogens with zero attached hydrogens (tertiary/aromatic N) is 1. The van der Waals surface area contributed by atoms with Gasteiger partial charge in [-0.3, -0.25) is 4.98 Å². The van der Waals surface area contributed by atoms with Gasteiger partial charge in [-0.1, -0.05) is 0 Å². The minimum atomic E-state index is -4.38. The molecule has 132 valence electrons. The molecule has 0 spiro atoms. The van der Waals surface area contributed by atoms with Gasteiger partial charge in [-0.25, -0.2) is 0 Å². The van der Waals surface area contributed by atoms with E-state index >= 15 is 0 Å². The molecule has 2 saturated heterocycles. The molecule has 3 heterocycles. The Labute approximate surface area is 144 Å². The van der Waals surface area contributed by atoms with E-state index in [4.69, 9.17) is 4.74 Å². The molecule has 0 amide bonds. The smallest absolute Gasteiger partial charge is 0.416 e. The molecule has 6 heteroatoms. The normalized spacial score (nSPS) is 25.8. The minimum Gasteiger partial charge on any atom is -0.490 e. The van der Waals surface area contributed by atoms with E-state index in [1.807, 2.05) is 0 Å². The highest BCUT2D eigenvalue weighted by atomic mass is 19.4. The summed E-state index contributed by atoms with van der Waals surface area (Å²) in [7, 11) is 0. The van der Waals surface area contributed by atoms with Gasteiger partial charge in [-0.15, -0.1) is 0 Å². The third-order valence-corrected chi connectivity index (χ3v) is 5.02. The summed E-state index contributed by atoms with van der Waals surface area (Å²) < 4.78 is 45.5. The molecular formula is C19H19F3N2O. The molecule has 2 aliphatic heterocycles. The second-order valence-electron chi connectivity index (χ2n) is 6.79. The second-order valence-corrected chi connectivity index (χ2v) is 6.79. The van der Waals surface area contributed by atoms with E-state index in [2.05, 4.69) is 10.3 Å². The maximum atomic E-state index is 13.1. The lowest BCUT2D eigenvalue weighted by Gasteiger charge is -2.30. The van der Waals surface area contributed by atoms with Crippen LogP contribution >= 0.6 is 0 Å². The van der Waals surface area contributed by atoms with E-state index in [9.17, 15) is 13.2 Å². The number of fused-ring (bicyclic) bond motifs is 2. The molecule has 1 aromatic heterocycles. The molecule has 1 aromatic carbocycles. The zero-order valence-corrected chi connectivity index (χ0v) is 13.6. The standard InChI is InChI=1S/C19H19F3N2O/c20-19(21,22)13-1-4-18(17(9-13)12-5-7-23-8-6-12)25-16-10-14-2-3-15(11-16)24-14/h1,4-9,14-16,24H,2-3,10-11H2. The Hall–Kier alpha value is -2.08. The number of pyridine rings is 1. The number of hydrogen-bond donors (Lipinski definition) is 1. The zero-order valence-electron chi connectivity index (χ0n) is 13.6. The molecule has 2 aliphatic rings. The zero-order chi connectivity index (χ0) is 17.4. The van der Waals surface area contributed by atoms with Crippen molar-refractivity contribution in [2.75, 3.05) is 0 Å².